The molecule has 1 heterocycles. The molecule has 0 spiro atoms. The molecule has 0 aromatic carbocycles. The first-order chi connectivity index (χ1) is 9.56. The van der Waals surface area contributed by atoms with Crippen LogP contribution in [0, 0.1) is 23.7 Å². The van der Waals surface area contributed by atoms with E-state index >= 15 is 0 Å². The standard InChI is InChI=1S/C16H26O4/c1-4-11-8-12(5-2)14(9-11)15(20-10(3)17)13-6-7-19-16(13)18/h11-15H,4-9H2,1-3H3. The van der Waals surface area contributed by atoms with Gasteiger partial charge in [-0.25, -0.2) is 0 Å². The number of carbonyl (C=O) groups excluding carboxylic acids is 2. The van der Waals surface area contributed by atoms with Gasteiger partial charge in [0.15, 0.2) is 0 Å². The van der Waals surface area contributed by atoms with Crippen molar-refractivity contribution in [3.8, 4) is 0 Å². The molecule has 0 aromatic rings. The molecule has 0 radical (unpaired) electrons. The molecule has 20 heavy (non-hydrogen) atoms. The van der Waals surface area contributed by atoms with Crippen molar-refractivity contribution in [1.82, 2.24) is 0 Å². The van der Waals surface area contributed by atoms with Gasteiger partial charge in [0, 0.05) is 6.92 Å². The summed E-state index contributed by atoms with van der Waals surface area (Å²) in [6.45, 7) is 6.29. The Hall–Kier alpha value is -1.06. The molecule has 1 saturated heterocycles. The summed E-state index contributed by atoms with van der Waals surface area (Å²) in [4.78, 5) is 23.3. The van der Waals surface area contributed by atoms with E-state index in [4.69, 9.17) is 9.47 Å². The van der Waals surface area contributed by atoms with Crippen LogP contribution in [0.15, 0.2) is 0 Å². The highest BCUT2D eigenvalue weighted by atomic mass is 16.6. The third-order valence-electron chi connectivity index (χ3n) is 5.05. The van der Waals surface area contributed by atoms with Crippen LogP contribution in [0.5, 0.6) is 0 Å². The highest BCUT2D eigenvalue weighted by Crippen LogP contribution is 2.45. The molecule has 4 heteroatoms. The Bertz CT molecular complexity index is 365. The quantitative estimate of drug-likeness (QED) is 0.727. The summed E-state index contributed by atoms with van der Waals surface area (Å²) in [6, 6.07) is 0. The monoisotopic (exact) mass is 282 g/mol. The minimum absolute atomic E-state index is 0.189. The largest absolute Gasteiger partial charge is 0.465 e. The number of ether oxygens (including phenoxy) is 2. The van der Waals surface area contributed by atoms with Crippen molar-refractivity contribution in [1.29, 1.82) is 0 Å². The Morgan fingerprint density at radius 3 is 2.60 bits per heavy atom. The molecule has 1 aliphatic carbocycles. The molecular weight excluding hydrogens is 256 g/mol. The first-order valence-electron chi connectivity index (χ1n) is 7.90. The van der Waals surface area contributed by atoms with E-state index in [0.717, 1.165) is 19.3 Å². The fourth-order valence-electron chi connectivity index (χ4n) is 3.95. The number of carbonyl (C=O) groups is 2. The molecule has 114 valence electrons. The fraction of sp³-hybridized carbons (Fsp3) is 0.875. The van der Waals surface area contributed by atoms with Crippen molar-refractivity contribution in [3.63, 3.8) is 0 Å². The van der Waals surface area contributed by atoms with Crippen LogP contribution in [0.3, 0.4) is 0 Å². The van der Waals surface area contributed by atoms with Crippen LogP contribution in [0.1, 0.15) is 52.9 Å². The lowest BCUT2D eigenvalue weighted by molar-refractivity contribution is -0.159. The molecule has 0 N–H and O–H groups in total. The first kappa shape index (κ1) is 15.3. The van der Waals surface area contributed by atoms with E-state index in [2.05, 4.69) is 13.8 Å². The summed E-state index contributed by atoms with van der Waals surface area (Å²) < 4.78 is 10.7. The second-order valence-electron chi connectivity index (χ2n) is 6.21. The molecule has 2 aliphatic rings. The van der Waals surface area contributed by atoms with Crippen LogP contribution >= 0.6 is 0 Å². The van der Waals surface area contributed by atoms with Crippen molar-refractivity contribution in [2.45, 2.75) is 59.0 Å². The van der Waals surface area contributed by atoms with Gasteiger partial charge < -0.3 is 9.47 Å². The van der Waals surface area contributed by atoms with Crippen molar-refractivity contribution in [2.24, 2.45) is 23.7 Å². The molecule has 1 saturated carbocycles. The predicted molar refractivity (Wildman–Crippen MR) is 74.9 cm³/mol. The molecule has 4 nitrogen and oxygen atoms in total. The van der Waals surface area contributed by atoms with E-state index in [1.54, 1.807) is 0 Å². The van der Waals surface area contributed by atoms with Crippen molar-refractivity contribution >= 4 is 11.9 Å². The highest BCUT2D eigenvalue weighted by Gasteiger charge is 2.46. The Morgan fingerprint density at radius 2 is 2.10 bits per heavy atom. The molecule has 0 bridgehead atoms. The first-order valence-corrected chi connectivity index (χ1v) is 7.90. The van der Waals surface area contributed by atoms with E-state index < -0.39 is 0 Å². The van der Waals surface area contributed by atoms with Crippen LogP contribution < -0.4 is 0 Å². The number of esters is 2. The maximum Gasteiger partial charge on any atom is 0.312 e. The van der Waals surface area contributed by atoms with Gasteiger partial charge in [-0.2, -0.15) is 0 Å². The molecule has 5 unspecified atom stereocenters. The van der Waals surface area contributed by atoms with Gasteiger partial charge in [-0.1, -0.05) is 26.7 Å². The maximum absolute atomic E-state index is 11.9. The Morgan fingerprint density at radius 1 is 1.35 bits per heavy atom. The molecule has 0 aromatic heterocycles. The lowest BCUT2D eigenvalue weighted by Gasteiger charge is -2.30. The molecular formula is C16H26O4. The SMILES string of the molecule is CCC1CC(CC)C(C(OC(C)=O)C2CCOC2=O)C1. The molecule has 1 aliphatic heterocycles. The van der Waals surface area contributed by atoms with E-state index in [-0.39, 0.29) is 24.0 Å². The number of hydrogen-bond donors (Lipinski definition) is 0. The van der Waals surface area contributed by atoms with Gasteiger partial charge in [0.05, 0.1) is 12.5 Å². The third kappa shape index (κ3) is 3.15. The topological polar surface area (TPSA) is 52.6 Å². The van der Waals surface area contributed by atoms with Crippen molar-refractivity contribution < 1.29 is 19.1 Å². The lowest BCUT2D eigenvalue weighted by Crippen LogP contribution is -2.37. The zero-order valence-electron chi connectivity index (χ0n) is 12.8. The second-order valence-corrected chi connectivity index (χ2v) is 6.21. The van der Waals surface area contributed by atoms with Gasteiger partial charge in [-0.05, 0) is 37.0 Å². The Labute approximate surface area is 121 Å². The summed E-state index contributed by atoms with van der Waals surface area (Å²) in [7, 11) is 0. The van der Waals surface area contributed by atoms with Gasteiger partial charge in [-0.15, -0.1) is 0 Å². The zero-order valence-corrected chi connectivity index (χ0v) is 12.8. The number of hydrogen-bond acceptors (Lipinski definition) is 4. The molecule has 5 atom stereocenters. The fourth-order valence-corrected chi connectivity index (χ4v) is 3.95. The number of cyclic esters (lactones) is 1. The van der Waals surface area contributed by atoms with E-state index in [9.17, 15) is 9.59 Å². The normalized spacial score (nSPS) is 34.9. The summed E-state index contributed by atoms with van der Waals surface area (Å²) in [6.07, 6.45) is 4.90. The van der Waals surface area contributed by atoms with Gasteiger partial charge in [0.25, 0.3) is 0 Å². The summed E-state index contributed by atoms with van der Waals surface area (Å²) >= 11 is 0. The minimum atomic E-state index is -0.288. The van der Waals surface area contributed by atoms with Crippen LogP contribution in [-0.2, 0) is 19.1 Å². The summed E-state index contributed by atoms with van der Waals surface area (Å²) in [5.41, 5.74) is 0. The zero-order chi connectivity index (χ0) is 14.7. The highest BCUT2D eigenvalue weighted by molar-refractivity contribution is 5.75. The van der Waals surface area contributed by atoms with E-state index in [1.807, 2.05) is 0 Å². The smallest absolute Gasteiger partial charge is 0.312 e. The molecule has 2 fully saturated rings. The van der Waals surface area contributed by atoms with Gasteiger partial charge >= 0.3 is 11.9 Å². The van der Waals surface area contributed by atoms with Crippen LogP contribution in [0.25, 0.3) is 0 Å². The van der Waals surface area contributed by atoms with E-state index in [1.165, 1.54) is 13.3 Å². The maximum atomic E-state index is 11.9. The molecule has 2 rings (SSSR count). The van der Waals surface area contributed by atoms with Crippen molar-refractivity contribution in [2.75, 3.05) is 6.61 Å². The van der Waals surface area contributed by atoms with Crippen LogP contribution in [0.2, 0.25) is 0 Å². The Kier molecular flexibility index (Phi) is 5.06. The van der Waals surface area contributed by atoms with Gasteiger partial charge in [0.1, 0.15) is 6.10 Å². The van der Waals surface area contributed by atoms with Crippen LogP contribution in [-0.4, -0.2) is 24.6 Å². The number of rotatable bonds is 5. The Balaban J connectivity index is 2.16. The lowest BCUT2D eigenvalue weighted by atomic mass is 9.82. The third-order valence-corrected chi connectivity index (χ3v) is 5.05. The summed E-state index contributed by atoms with van der Waals surface area (Å²) in [5.74, 6) is 0.826. The second kappa shape index (κ2) is 6.59. The van der Waals surface area contributed by atoms with Gasteiger partial charge in [-0.3, -0.25) is 9.59 Å². The molecule has 0 amide bonds. The minimum Gasteiger partial charge on any atom is -0.465 e. The average molecular weight is 282 g/mol. The van der Waals surface area contributed by atoms with Crippen LogP contribution in [0.4, 0.5) is 0 Å². The van der Waals surface area contributed by atoms with Gasteiger partial charge in [0.2, 0.25) is 0 Å². The van der Waals surface area contributed by atoms with E-state index in [0.29, 0.717) is 30.8 Å². The van der Waals surface area contributed by atoms with Crippen molar-refractivity contribution in [3.05, 3.63) is 0 Å². The summed E-state index contributed by atoms with van der Waals surface area (Å²) in [5, 5.41) is 0. The predicted octanol–water partition coefficient (Wildman–Crippen LogP) is 2.94. The average Bonchev–Trinajstić information content (AvgIpc) is 3.01.